The molecule has 0 fully saturated rings. The first-order valence-electron chi connectivity index (χ1n) is 6.86. The van der Waals surface area contributed by atoms with Crippen molar-refractivity contribution in [2.24, 2.45) is 5.73 Å². The third kappa shape index (κ3) is 3.45. The number of para-hydroxylation sites is 1. The van der Waals surface area contributed by atoms with E-state index in [0.717, 1.165) is 37.0 Å². The lowest BCUT2D eigenvalue weighted by Crippen LogP contribution is -2.19. The highest BCUT2D eigenvalue weighted by Crippen LogP contribution is 2.20. The number of anilines is 1. The van der Waals surface area contributed by atoms with Crippen molar-refractivity contribution in [3.05, 3.63) is 35.9 Å². The van der Waals surface area contributed by atoms with E-state index in [1.165, 1.54) is 0 Å². The van der Waals surface area contributed by atoms with Gasteiger partial charge in [0.1, 0.15) is 5.82 Å². The van der Waals surface area contributed by atoms with Gasteiger partial charge in [-0.3, -0.25) is 4.79 Å². The van der Waals surface area contributed by atoms with Crippen molar-refractivity contribution in [3.63, 3.8) is 0 Å². The average molecular weight is 272 g/mol. The number of hydrogen-bond acceptors (Lipinski definition) is 4. The number of rotatable bonds is 7. The summed E-state index contributed by atoms with van der Waals surface area (Å²) in [5.41, 5.74) is 6.72. The largest absolute Gasteiger partial charge is 0.369 e. The van der Waals surface area contributed by atoms with Gasteiger partial charge >= 0.3 is 0 Å². The summed E-state index contributed by atoms with van der Waals surface area (Å²) in [6.07, 6.45) is 0.959. The molecule has 1 amide bonds. The molecule has 0 bridgehead atoms. The topological polar surface area (TPSA) is 80.0 Å². The monoisotopic (exact) mass is 272 g/mol. The van der Waals surface area contributed by atoms with E-state index in [0.29, 0.717) is 11.4 Å². The van der Waals surface area contributed by atoms with Gasteiger partial charge < -0.3 is 16.4 Å². The molecule has 0 aliphatic rings. The Balaban J connectivity index is 2.17. The molecule has 106 valence electrons. The Hall–Kier alpha value is -2.14. The maximum atomic E-state index is 11.5. The molecule has 1 heterocycles. The van der Waals surface area contributed by atoms with Gasteiger partial charge in [-0.2, -0.15) is 0 Å². The second-order valence-corrected chi connectivity index (χ2v) is 4.58. The number of pyridine rings is 1. The second kappa shape index (κ2) is 6.86. The molecule has 2 rings (SSSR count). The second-order valence-electron chi connectivity index (χ2n) is 4.58. The predicted octanol–water partition coefficient (Wildman–Crippen LogP) is 1.75. The van der Waals surface area contributed by atoms with Gasteiger partial charge in [0.2, 0.25) is 0 Å². The fourth-order valence-corrected chi connectivity index (χ4v) is 2.04. The number of nitrogens with zero attached hydrogens (tertiary/aromatic N) is 1. The summed E-state index contributed by atoms with van der Waals surface area (Å²) in [6.45, 7) is 4.71. The molecule has 5 heteroatoms. The zero-order chi connectivity index (χ0) is 14.4. The molecule has 0 atom stereocenters. The number of benzene rings is 1. The number of nitrogens with one attached hydrogen (secondary N) is 2. The molecular weight excluding hydrogens is 252 g/mol. The minimum absolute atomic E-state index is 0.437. The van der Waals surface area contributed by atoms with Gasteiger partial charge in [-0.25, -0.2) is 4.98 Å². The first kappa shape index (κ1) is 14.3. The Morgan fingerprint density at radius 1 is 1.30 bits per heavy atom. The van der Waals surface area contributed by atoms with Gasteiger partial charge in [0, 0.05) is 11.9 Å². The Bertz CT molecular complexity index is 597. The fraction of sp³-hybridized carbons (Fsp3) is 0.333. The van der Waals surface area contributed by atoms with Crippen molar-refractivity contribution in [3.8, 4) is 0 Å². The predicted molar refractivity (Wildman–Crippen MR) is 81.9 cm³/mol. The van der Waals surface area contributed by atoms with E-state index in [1.54, 1.807) is 6.07 Å². The molecule has 0 unspecified atom stereocenters. The molecule has 4 N–H and O–H groups in total. The van der Waals surface area contributed by atoms with E-state index in [-0.39, 0.29) is 0 Å². The number of amides is 1. The summed E-state index contributed by atoms with van der Waals surface area (Å²) >= 11 is 0. The third-order valence-corrected chi connectivity index (χ3v) is 3.06. The Kier molecular flexibility index (Phi) is 4.90. The standard InChI is InChI=1S/C15H20N4O/c1-2-17-8-5-9-18-15-12(14(16)20)10-11-6-3-4-7-13(11)19-15/h3-4,6-7,10,17H,2,5,8-9H2,1H3,(H2,16,20)(H,18,19). The molecule has 0 radical (unpaired) electrons. The summed E-state index contributed by atoms with van der Waals surface area (Å²) in [7, 11) is 0. The molecule has 0 saturated carbocycles. The lowest BCUT2D eigenvalue weighted by molar-refractivity contribution is 0.100. The highest BCUT2D eigenvalue weighted by molar-refractivity contribution is 6.01. The summed E-state index contributed by atoms with van der Waals surface area (Å²) < 4.78 is 0. The van der Waals surface area contributed by atoms with Crippen molar-refractivity contribution in [1.29, 1.82) is 0 Å². The number of fused-ring (bicyclic) bond motifs is 1. The number of carbonyl (C=O) groups excluding carboxylic acids is 1. The molecule has 1 aromatic carbocycles. The molecule has 2 aromatic rings. The van der Waals surface area contributed by atoms with Gasteiger partial charge in [0.25, 0.3) is 5.91 Å². The van der Waals surface area contributed by atoms with E-state index in [9.17, 15) is 4.79 Å². The lowest BCUT2D eigenvalue weighted by Gasteiger charge is -2.10. The fourth-order valence-electron chi connectivity index (χ4n) is 2.04. The van der Waals surface area contributed by atoms with Crippen LogP contribution in [0, 0.1) is 0 Å². The first-order chi connectivity index (χ1) is 9.72. The van der Waals surface area contributed by atoms with Crippen LogP contribution in [0.3, 0.4) is 0 Å². The van der Waals surface area contributed by atoms with E-state index < -0.39 is 5.91 Å². The minimum atomic E-state index is -0.461. The van der Waals surface area contributed by atoms with Gasteiger partial charge in [0.05, 0.1) is 11.1 Å². The highest BCUT2D eigenvalue weighted by atomic mass is 16.1. The molecular formula is C15H20N4O. The van der Waals surface area contributed by atoms with Gasteiger partial charge in [-0.15, -0.1) is 0 Å². The average Bonchev–Trinajstić information content (AvgIpc) is 2.46. The van der Waals surface area contributed by atoms with Gasteiger partial charge in [-0.05, 0) is 31.6 Å². The van der Waals surface area contributed by atoms with Crippen LogP contribution in [0.1, 0.15) is 23.7 Å². The highest BCUT2D eigenvalue weighted by Gasteiger charge is 2.11. The van der Waals surface area contributed by atoms with Crippen LogP contribution in [0.5, 0.6) is 0 Å². The summed E-state index contributed by atoms with van der Waals surface area (Å²) in [5, 5.41) is 7.36. The zero-order valence-electron chi connectivity index (χ0n) is 11.6. The first-order valence-corrected chi connectivity index (χ1v) is 6.86. The van der Waals surface area contributed by atoms with Crippen molar-refractivity contribution >= 4 is 22.6 Å². The molecule has 1 aromatic heterocycles. The van der Waals surface area contributed by atoms with Crippen molar-refractivity contribution in [2.45, 2.75) is 13.3 Å². The van der Waals surface area contributed by atoms with Crippen molar-refractivity contribution in [2.75, 3.05) is 25.0 Å². The lowest BCUT2D eigenvalue weighted by atomic mass is 10.1. The van der Waals surface area contributed by atoms with E-state index in [2.05, 4.69) is 22.5 Å². The van der Waals surface area contributed by atoms with Crippen molar-refractivity contribution in [1.82, 2.24) is 10.3 Å². The SMILES string of the molecule is CCNCCCNc1nc2ccccc2cc1C(N)=O. The minimum Gasteiger partial charge on any atom is -0.369 e. The third-order valence-electron chi connectivity index (χ3n) is 3.06. The van der Waals surface area contributed by atoms with Crippen LogP contribution >= 0.6 is 0 Å². The number of aromatic nitrogens is 1. The summed E-state index contributed by atoms with van der Waals surface area (Å²) in [4.78, 5) is 16.0. The van der Waals surface area contributed by atoms with Crippen LogP contribution in [-0.2, 0) is 0 Å². The maximum absolute atomic E-state index is 11.5. The Labute approximate surface area is 118 Å². The van der Waals surface area contributed by atoms with E-state index in [1.807, 2.05) is 24.3 Å². The number of primary amides is 1. The van der Waals surface area contributed by atoms with Crippen molar-refractivity contribution < 1.29 is 4.79 Å². The Morgan fingerprint density at radius 3 is 2.85 bits per heavy atom. The van der Waals surface area contributed by atoms with E-state index >= 15 is 0 Å². The number of hydrogen-bond donors (Lipinski definition) is 3. The summed E-state index contributed by atoms with van der Waals surface area (Å²) in [6, 6.07) is 9.47. The Morgan fingerprint density at radius 2 is 2.10 bits per heavy atom. The smallest absolute Gasteiger partial charge is 0.252 e. The van der Waals surface area contributed by atoms with Crippen LogP contribution in [0.4, 0.5) is 5.82 Å². The van der Waals surface area contributed by atoms with Crippen LogP contribution in [0.2, 0.25) is 0 Å². The van der Waals surface area contributed by atoms with Crippen LogP contribution in [0.25, 0.3) is 10.9 Å². The number of nitrogens with two attached hydrogens (primary N) is 1. The normalized spacial score (nSPS) is 10.7. The quantitative estimate of drug-likeness (QED) is 0.671. The van der Waals surface area contributed by atoms with E-state index in [4.69, 9.17) is 5.73 Å². The van der Waals surface area contributed by atoms with Crippen LogP contribution in [0.15, 0.2) is 30.3 Å². The van der Waals surface area contributed by atoms with Crippen LogP contribution in [-0.4, -0.2) is 30.5 Å². The van der Waals surface area contributed by atoms with Crippen LogP contribution < -0.4 is 16.4 Å². The molecule has 0 spiro atoms. The molecule has 5 nitrogen and oxygen atoms in total. The van der Waals surface area contributed by atoms with Gasteiger partial charge in [0.15, 0.2) is 0 Å². The van der Waals surface area contributed by atoms with Gasteiger partial charge in [-0.1, -0.05) is 25.1 Å². The maximum Gasteiger partial charge on any atom is 0.252 e. The molecule has 20 heavy (non-hydrogen) atoms. The molecule has 0 aliphatic heterocycles. The molecule has 0 saturated heterocycles. The number of carbonyl (C=O) groups is 1. The summed E-state index contributed by atoms with van der Waals surface area (Å²) in [5.74, 6) is 0.102. The zero-order valence-corrected chi connectivity index (χ0v) is 11.6. The molecule has 0 aliphatic carbocycles.